The molecule has 17 heavy (non-hydrogen) atoms. The summed E-state index contributed by atoms with van der Waals surface area (Å²) >= 11 is 0. The van der Waals surface area contributed by atoms with E-state index in [1.54, 1.807) is 12.3 Å². The van der Waals surface area contributed by atoms with Crippen molar-refractivity contribution in [3.63, 3.8) is 0 Å². The van der Waals surface area contributed by atoms with Gasteiger partial charge in [-0.25, -0.2) is 4.39 Å². The van der Waals surface area contributed by atoms with Crippen molar-refractivity contribution in [2.24, 2.45) is 0 Å². The molecule has 2 N–H and O–H groups in total. The molecule has 0 aliphatic rings. The van der Waals surface area contributed by atoms with E-state index in [1.807, 2.05) is 6.07 Å². The van der Waals surface area contributed by atoms with E-state index in [0.29, 0.717) is 0 Å². The van der Waals surface area contributed by atoms with Gasteiger partial charge in [-0.15, -0.1) is 0 Å². The van der Waals surface area contributed by atoms with Crippen LogP contribution >= 0.6 is 0 Å². The summed E-state index contributed by atoms with van der Waals surface area (Å²) < 4.78 is 13.2. The fourth-order valence-corrected chi connectivity index (χ4v) is 1.72. The van der Waals surface area contributed by atoms with Gasteiger partial charge in [-0.1, -0.05) is 19.1 Å². The van der Waals surface area contributed by atoms with Gasteiger partial charge in [0.05, 0.1) is 12.2 Å². The molecule has 1 aromatic heterocycles. The van der Waals surface area contributed by atoms with Crippen LogP contribution in [0.25, 0.3) is 0 Å². The van der Waals surface area contributed by atoms with E-state index in [1.165, 1.54) is 12.1 Å². The Morgan fingerprint density at radius 1 is 1.47 bits per heavy atom. The van der Waals surface area contributed by atoms with Crippen LogP contribution in [0.4, 0.5) is 4.39 Å². The number of nitrogens with zero attached hydrogens (tertiary/aromatic N) is 2. The first-order valence-corrected chi connectivity index (χ1v) is 5.65. The first-order valence-electron chi connectivity index (χ1n) is 5.65. The van der Waals surface area contributed by atoms with Crippen LogP contribution in [-0.4, -0.2) is 22.0 Å². The average Bonchev–Trinajstić information content (AvgIpc) is 2.83. The van der Waals surface area contributed by atoms with Crippen LogP contribution in [0, 0.1) is 5.82 Å². The summed E-state index contributed by atoms with van der Waals surface area (Å²) in [7, 11) is 0. The topological polar surface area (TPSA) is 53.6 Å². The Balaban J connectivity index is 2.27. The van der Waals surface area contributed by atoms with E-state index in [0.717, 1.165) is 24.2 Å². The average molecular weight is 234 g/mol. The Kier molecular flexibility index (Phi) is 3.82. The van der Waals surface area contributed by atoms with E-state index in [4.69, 9.17) is 0 Å². The van der Waals surface area contributed by atoms with E-state index in [9.17, 15) is 4.39 Å². The molecule has 5 heteroatoms. The Hall–Kier alpha value is -1.75. The predicted octanol–water partition coefficient (Wildman–Crippen LogP) is 2.03. The normalized spacial score (nSPS) is 12.6. The first kappa shape index (κ1) is 11.7. The van der Waals surface area contributed by atoms with Gasteiger partial charge in [0.25, 0.3) is 0 Å². The molecule has 1 atom stereocenters. The molecular weight excluding hydrogens is 219 g/mol. The highest BCUT2D eigenvalue weighted by atomic mass is 19.1. The maximum absolute atomic E-state index is 13.2. The van der Waals surface area contributed by atoms with Gasteiger partial charge in [0, 0.05) is 0 Å². The molecule has 0 amide bonds. The van der Waals surface area contributed by atoms with Gasteiger partial charge < -0.3 is 5.32 Å². The second-order valence-electron chi connectivity index (χ2n) is 3.84. The van der Waals surface area contributed by atoms with Crippen LogP contribution < -0.4 is 5.32 Å². The third-order valence-electron chi connectivity index (χ3n) is 2.51. The molecule has 1 unspecified atom stereocenters. The maximum Gasteiger partial charge on any atom is 0.123 e. The lowest BCUT2D eigenvalue weighted by Crippen LogP contribution is -2.23. The minimum atomic E-state index is -0.241. The fraction of sp³-hybridized carbons (Fsp3) is 0.333. The Bertz CT molecular complexity index is 455. The summed E-state index contributed by atoms with van der Waals surface area (Å²) in [6.45, 7) is 2.92. The van der Waals surface area contributed by atoms with Crippen molar-refractivity contribution in [3.8, 4) is 0 Å². The lowest BCUT2D eigenvalue weighted by molar-refractivity contribution is 0.575. The monoisotopic (exact) mass is 234 g/mol. The van der Waals surface area contributed by atoms with Crippen molar-refractivity contribution < 1.29 is 4.39 Å². The zero-order chi connectivity index (χ0) is 12.1. The molecule has 0 aliphatic carbocycles. The highest BCUT2D eigenvalue weighted by molar-refractivity contribution is 5.26. The first-order chi connectivity index (χ1) is 8.31. The second kappa shape index (κ2) is 5.54. The Labute approximate surface area is 99.2 Å². The highest BCUT2D eigenvalue weighted by Gasteiger charge is 2.16. The molecule has 1 aromatic carbocycles. The molecule has 0 saturated carbocycles. The van der Waals surface area contributed by atoms with Gasteiger partial charge in [-0.2, -0.15) is 15.4 Å². The fourth-order valence-electron chi connectivity index (χ4n) is 1.72. The Morgan fingerprint density at radius 2 is 2.35 bits per heavy atom. The minimum Gasteiger partial charge on any atom is -0.305 e. The van der Waals surface area contributed by atoms with Crippen molar-refractivity contribution in [1.29, 1.82) is 0 Å². The van der Waals surface area contributed by atoms with Crippen LogP contribution in [-0.2, 0) is 0 Å². The molecule has 2 rings (SSSR count). The molecule has 0 spiro atoms. The zero-order valence-electron chi connectivity index (χ0n) is 9.65. The van der Waals surface area contributed by atoms with E-state index in [-0.39, 0.29) is 11.9 Å². The Morgan fingerprint density at radius 3 is 3.00 bits per heavy atom. The summed E-state index contributed by atoms with van der Waals surface area (Å²) in [5, 5.41) is 13.7. The maximum atomic E-state index is 13.2. The summed E-state index contributed by atoms with van der Waals surface area (Å²) in [5.74, 6) is -0.241. The molecule has 0 fully saturated rings. The van der Waals surface area contributed by atoms with Gasteiger partial charge in [-0.05, 0) is 30.7 Å². The van der Waals surface area contributed by atoms with Crippen molar-refractivity contribution in [2.45, 2.75) is 19.4 Å². The second-order valence-corrected chi connectivity index (χ2v) is 3.84. The van der Waals surface area contributed by atoms with Gasteiger partial charge >= 0.3 is 0 Å². The lowest BCUT2D eigenvalue weighted by atomic mass is 10.0. The number of rotatable bonds is 5. The number of nitrogens with one attached hydrogen (secondary N) is 2. The third kappa shape index (κ3) is 2.88. The van der Waals surface area contributed by atoms with Crippen LogP contribution in [0.3, 0.4) is 0 Å². The quantitative estimate of drug-likeness (QED) is 0.832. The highest BCUT2D eigenvalue weighted by Crippen LogP contribution is 2.20. The van der Waals surface area contributed by atoms with Gasteiger partial charge in [-0.3, -0.25) is 0 Å². The summed E-state index contributed by atoms with van der Waals surface area (Å²) in [5.41, 5.74) is 1.62. The number of benzene rings is 1. The molecule has 0 radical (unpaired) electrons. The van der Waals surface area contributed by atoms with Gasteiger partial charge in [0.2, 0.25) is 0 Å². The lowest BCUT2D eigenvalue weighted by Gasteiger charge is -2.16. The van der Waals surface area contributed by atoms with Crippen LogP contribution in [0.1, 0.15) is 30.6 Å². The number of aromatic amines is 1. The largest absolute Gasteiger partial charge is 0.305 e. The molecular formula is C12H15FN4. The third-order valence-corrected chi connectivity index (χ3v) is 2.51. The SMILES string of the molecule is CCCNC(c1cccc(F)c1)c1cn[nH]n1. The molecule has 0 aliphatic heterocycles. The van der Waals surface area contributed by atoms with Gasteiger partial charge in [0.15, 0.2) is 0 Å². The molecule has 4 nitrogen and oxygen atoms in total. The number of hydrogen-bond acceptors (Lipinski definition) is 3. The van der Waals surface area contributed by atoms with Crippen molar-refractivity contribution in [3.05, 3.63) is 47.5 Å². The van der Waals surface area contributed by atoms with E-state index >= 15 is 0 Å². The molecule has 0 saturated heterocycles. The minimum absolute atomic E-state index is 0.121. The van der Waals surface area contributed by atoms with Crippen molar-refractivity contribution >= 4 is 0 Å². The zero-order valence-corrected chi connectivity index (χ0v) is 9.65. The number of H-pyrrole nitrogens is 1. The van der Waals surface area contributed by atoms with E-state index < -0.39 is 0 Å². The molecule has 90 valence electrons. The molecule has 0 bridgehead atoms. The standard InChI is InChI=1S/C12H15FN4/c1-2-6-14-12(11-8-15-17-16-11)9-4-3-5-10(13)7-9/h3-5,7-8,12,14H,2,6H2,1H3,(H,15,16,17). The smallest absolute Gasteiger partial charge is 0.123 e. The summed E-state index contributed by atoms with van der Waals surface area (Å²) in [4.78, 5) is 0. The van der Waals surface area contributed by atoms with Crippen LogP contribution in [0.2, 0.25) is 0 Å². The number of halogens is 1. The summed E-state index contributed by atoms with van der Waals surface area (Å²) in [6.07, 6.45) is 2.65. The van der Waals surface area contributed by atoms with Crippen LogP contribution in [0.5, 0.6) is 0 Å². The summed E-state index contributed by atoms with van der Waals surface area (Å²) in [6, 6.07) is 6.41. The number of aromatic nitrogens is 3. The van der Waals surface area contributed by atoms with E-state index in [2.05, 4.69) is 27.7 Å². The van der Waals surface area contributed by atoms with Crippen LogP contribution in [0.15, 0.2) is 30.5 Å². The number of hydrogen-bond donors (Lipinski definition) is 2. The molecule has 2 aromatic rings. The predicted molar refractivity (Wildman–Crippen MR) is 62.9 cm³/mol. The molecule has 1 heterocycles. The van der Waals surface area contributed by atoms with Gasteiger partial charge in [0.1, 0.15) is 11.5 Å². The van der Waals surface area contributed by atoms with Crippen molar-refractivity contribution in [1.82, 2.24) is 20.7 Å². The van der Waals surface area contributed by atoms with Crippen molar-refractivity contribution in [2.75, 3.05) is 6.54 Å².